The van der Waals surface area contributed by atoms with Crippen molar-refractivity contribution in [1.82, 2.24) is 9.55 Å². The fourth-order valence-electron chi connectivity index (χ4n) is 2.37. The largest absolute Gasteiger partial charge is 0.398 e. The fourth-order valence-corrected chi connectivity index (χ4v) is 2.53. The van der Waals surface area contributed by atoms with Crippen molar-refractivity contribution in [2.45, 2.75) is 13.5 Å². The van der Waals surface area contributed by atoms with E-state index < -0.39 is 0 Å². The van der Waals surface area contributed by atoms with Gasteiger partial charge in [0.25, 0.3) is 0 Å². The van der Waals surface area contributed by atoms with Crippen LogP contribution in [0.2, 0.25) is 5.02 Å². The maximum Gasteiger partial charge on any atom is 0.143 e. The molecule has 0 amide bonds. The van der Waals surface area contributed by atoms with Gasteiger partial charge in [0, 0.05) is 22.8 Å². The Morgan fingerprint density at radius 2 is 2.05 bits per heavy atom. The van der Waals surface area contributed by atoms with Crippen LogP contribution < -0.4 is 5.73 Å². The van der Waals surface area contributed by atoms with Gasteiger partial charge in [-0.05, 0) is 43.3 Å². The molecular weight excluding hydrogens is 277 g/mol. The third-order valence-electron chi connectivity index (χ3n) is 3.28. The van der Waals surface area contributed by atoms with Crippen LogP contribution in [0.15, 0.2) is 36.4 Å². The number of hydrogen-bond acceptors (Lipinski definition) is 2. The Kier molecular flexibility index (Phi) is 3.10. The first-order valence-electron chi connectivity index (χ1n) is 6.31. The number of hydrogen-bond donors (Lipinski definition) is 1. The van der Waals surface area contributed by atoms with Gasteiger partial charge in [0.1, 0.15) is 11.6 Å². The molecule has 0 aliphatic rings. The second kappa shape index (κ2) is 4.80. The lowest BCUT2D eigenvalue weighted by molar-refractivity contribution is 0.628. The molecule has 0 bridgehead atoms. The zero-order valence-electron chi connectivity index (χ0n) is 10.9. The number of nitrogens with zero attached hydrogens (tertiary/aromatic N) is 2. The van der Waals surface area contributed by atoms with Gasteiger partial charge in [-0.25, -0.2) is 9.37 Å². The molecule has 5 heteroatoms. The Morgan fingerprint density at radius 1 is 1.25 bits per heavy atom. The summed E-state index contributed by atoms with van der Waals surface area (Å²) in [5, 5.41) is 0.636. The van der Waals surface area contributed by atoms with Gasteiger partial charge in [0.05, 0.1) is 11.0 Å². The Morgan fingerprint density at radius 3 is 2.75 bits per heavy atom. The summed E-state index contributed by atoms with van der Waals surface area (Å²) in [6, 6.07) is 9.92. The zero-order chi connectivity index (χ0) is 14.3. The van der Waals surface area contributed by atoms with E-state index in [1.807, 2.05) is 29.7 Å². The smallest absolute Gasteiger partial charge is 0.143 e. The van der Waals surface area contributed by atoms with Gasteiger partial charge >= 0.3 is 0 Å². The number of halogens is 2. The second-order valence-electron chi connectivity index (χ2n) is 4.54. The highest BCUT2D eigenvalue weighted by Gasteiger charge is 2.14. The van der Waals surface area contributed by atoms with E-state index in [0.717, 1.165) is 29.0 Å². The Hall–Kier alpha value is -2.07. The fraction of sp³-hybridized carbons (Fsp3) is 0.133. The lowest BCUT2D eigenvalue weighted by Crippen LogP contribution is -2.00. The minimum Gasteiger partial charge on any atom is -0.398 e. The molecule has 0 aliphatic carbocycles. The first-order chi connectivity index (χ1) is 9.60. The average molecular weight is 290 g/mol. The van der Waals surface area contributed by atoms with E-state index in [-0.39, 0.29) is 5.82 Å². The molecule has 0 saturated heterocycles. The number of anilines is 1. The lowest BCUT2D eigenvalue weighted by atomic mass is 10.1. The first kappa shape index (κ1) is 12.9. The molecule has 20 heavy (non-hydrogen) atoms. The lowest BCUT2D eigenvalue weighted by Gasteiger charge is -2.08. The highest BCUT2D eigenvalue weighted by molar-refractivity contribution is 6.31. The van der Waals surface area contributed by atoms with Crippen molar-refractivity contribution in [3.8, 4) is 11.4 Å². The van der Waals surface area contributed by atoms with E-state index in [9.17, 15) is 4.39 Å². The van der Waals surface area contributed by atoms with Crippen LogP contribution in [-0.2, 0) is 6.54 Å². The number of nitrogens with two attached hydrogens (primary N) is 1. The molecular formula is C15H13ClFN3. The zero-order valence-corrected chi connectivity index (χ0v) is 11.7. The maximum atomic E-state index is 13.2. The van der Waals surface area contributed by atoms with Gasteiger partial charge < -0.3 is 10.3 Å². The summed E-state index contributed by atoms with van der Waals surface area (Å²) in [5.74, 6) is 0.371. The Bertz CT molecular complexity index is 795. The summed E-state index contributed by atoms with van der Waals surface area (Å²) >= 11 is 6.00. The van der Waals surface area contributed by atoms with Crippen molar-refractivity contribution >= 4 is 28.3 Å². The van der Waals surface area contributed by atoms with Gasteiger partial charge in [0.2, 0.25) is 0 Å². The van der Waals surface area contributed by atoms with Crippen LogP contribution in [-0.4, -0.2) is 9.55 Å². The molecule has 0 unspecified atom stereocenters. The average Bonchev–Trinajstić information content (AvgIpc) is 2.75. The number of aryl methyl sites for hydroxylation is 1. The van der Waals surface area contributed by atoms with E-state index in [1.54, 1.807) is 6.07 Å². The molecule has 1 heterocycles. The molecule has 102 valence electrons. The van der Waals surface area contributed by atoms with Gasteiger partial charge in [-0.15, -0.1) is 0 Å². The minimum absolute atomic E-state index is 0.353. The molecule has 0 radical (unpaired) electrons. The summed E-state index contributed by atoms with van der Waals surface area (Å²) < 4.78 is 15.2. The van der Waals surface area contributed by atoms with E-state index in [0.29, 0.717) is 10.7 Å². The van der Waals surface area contributed by atoms with Crippen molar-refractivity contribution in [3.05, 3.63) is 47.2 Å². The quantitative estimate of drug-likeness (QED) is 0.722. The van der Waals surface area contributed by atoms with Crippen molar-refractivity contribution in [1.29, 1.82) is 0 Å². The predicted molar refractivity (Wildman–Crippen MR) is 80.2 cm³/mol. The van der Waals surface area contributed by atoms with Crippen molar-refractivity contribution in [2.24, 2.45) is 0 Å². The highest BCUT2D eigenvalue weighted by Crippen LogP contribution is 2.30. The maximum absolute atomic E-state index is 13.2. The first-order valence-corrected chi connectivity index (χ1v) is 6.69. The number of imidazole rings is 1. The minimum atomic E-state index is -0.353. The normalized spacial score (nSPS) is 11.2. The van der Waals surface area contributed by atoms with Gasteiger partial charge in [0.15, 0.2) is 0 Å². The molecule has 1 aromatic heterocycles. The van der Waals surface area contributed by atoms with Crippen LogP contribution in [0.4, 0.5) is 10.1 Å². The monoisotopic (exact) mass is 289 g/mol. The predicted octanol–water partition coefficient (Wildman–Crippen LogP) is 4.10. The summed E-state index contributed by atoms with van der Waals surface area (Å²) in [5.41, 5.74) is 8.79. The van der Waals surface area contributed by atoms with Crippen LogP contribution in [0, 0.1) is 5.82 Å². The van der Waals surface area contributed by atoms with E-state index in [1.165, 1.54) is 12.1 Å². The van der Waals surface area contributed by atoms with Crippen molar-refractivity contribution in [3.63, 3.8) is 0 Å². The van der Waals surface area contributed by atoms with Gasteiger partial charge in [-0.1, -0.05) is 11.6 Å². The highest BCUT2D eigenvalue weighted by atomic mass is 35.5. The molecule has 0 aliphatic heterocycles. The third-order valence-corrected chi connectivity index (χ3v) is 3.52. The summed E-state index contributed by atoms with van der Waals surface area (Å²) in [6.07, 6.45) is 0. The number of aromatic nitrogens is 2. The molecule has 0 atom stereocenters. The van der Waals surface area contributed by atoms with Crippen LogP contribution in [0.3, 0.4) is 0 Å². The molecule has 0 fully saturated rings. The number of nitrogen functional groups attached to an aromatic ring is 1. The number of benzene rings is 2. The molecule has 2 aromatic carbocycles. The third kappa shape index (κ3) is 2.02. The van der Waals surface area contributed by atoms with Crippen molar-refractivity contribution in [2.75, 3.05) is 5.73 Å². The van der Waals surface area contributed by atoms with Crippen LogP contribution in [0.5, 0.6) is 0 Å². The van der Waals surface area contributed by atoms with E-state index >= 15 is 0 Å². The second-order valence-corrected chi connectivity index (χ2v) is 4.98. The Labute approximate surface area is 120 Å². The van der Waals surface area contributed by atoms with E-state index in [2.05, 4.69) is 4.98 Å². The van der Waals surface area contributed by atoms with Crippen molar-refractivity contribution < 1.29 is 4.39 Å². The standard InChI is InChI=1S/C15H13ClFN3/c1-2-20-14-6-3-9(16)7-13(14)19-15(20)11-5-4-10(17)8-12(11)18/h3-8H,2,18H2,1H3. The molecule has 0 spiro atoms. The summed E-state index contributed by atoms with van der Waals surface area (Å²) in [7, 11) is 0. The van der Waals surface area contributed by atoms with Crippen LogP contribution >= 0.6 is 11.6 Å². The van der Waals surface area contributed by atoms with E-state index in [4.69, 9.17) is 17.3 Å². The Balaban J connectivity index is 2.30. The molecule has 3 nitrogen and oxygen atoms in total. The molecule has 3 aromatic rings. The number of rotatable bonds is 2. The topological polar surface area (TPSA) is 43.8 Å². The molecule has 2 N–H and O–H groups in total. The van der Waals surface area contributed by atoms with Crippen LogP contribution in [0.1, 0.15) is 6.92 Å². The molecule has 3 rings (SSSR count). The van der Waals surface area contributed by atoms with Gasteiger partial charge in [-0.2, -0.15) is 0 Å². The summed E-state index contributed by atoms with van der Waals surface area (Å²) in [4.78, 5) is 4.58. The number of fused-ring (bicyclic) bond motifs is 1. The van der Waals surface area contributed by atoms with Gasteiger partial charge in [-0.3, -0.25) is 0 Å². The summed E-state index contributed by atoms with van der Waals surface area (Å²) in [6.45, 7) is 2.77. The molecule has 0 saturated carbocycles. The SMILES string of the molecule is CCn1c(-c2ccc(F)cc2N)nc2cc(Cl)ccc21. The van der Waals surface area contributed by atoms with Crippen LogP contribution in [0.25, 0.3) is 22.4 Å².